The van der Waals surface area contributed by atoms with Gasteiger partial charge in [-0.3, -0.25) is 0 Å². The Hall–Kier alpha value is -2.48. The van der Waals surface area contributed by atoms with Gasteiger partial charge >= 0.3 is 5.97 Å². The average Bonchev–Trinajstić information content (AvgIpc) is 2.88. The van der Waals surface area contributed by atoms with Gasteiger partial charge in [0.05, 0.1) is 7.11 Å². The third-order valence-electron chi connectivity index (χ3n) is 6.32. The molecule has 0 heterocycles. The van der Waals surface area contributed by atoms with Gasteiger partial charge in [0, 0.05) is 0 Å². The first-order chi connectivity index (χ1) is 16.2. The van der Waals surface area contributed by atoms with Crippen LogP contribution in [0.3, 0.4) is 0 Å². The first kappa shape index (κ1) is 25.1. The van der Waals surface area contributed by atoms with E-state index in [0.717, 1.165) is 35.2 Å². The maximum absolute atomic E-state index is 13.5. The van der Waals surface area contributed by atoms with Crippen LogP contribution in [0.1, 0.15) is 45.4 Å². The summed E-state index contributed by atoms with van der Waals surface area (Å²) in [6.45, 7) is 2.19. The number of methoxy groups -OCH3 is 1. The molecule has 1 N–H and O–H groups in total. The van der Waals surface area contributed by atoms with Crippen molar-refractivity contribution in [2.24, 2.45) is 0 Å². The highest BCUT2D eigenvalue weighted by Crippen LogP contribution is 2.61. The van der Waals surface area contributed by atoms with Gasteiger partial charge < -0.3 is 9.84 Å². The van der Waals surface area contributed by atoms with Crippen molar-refractivity contribution in [2.45, 2.75) is 57.2 Å². The summed E-state index contributed by atoms with van der Waals surface area (Å²) in [5, 5.41) is 14.8. The van der Waals surface area contributed by atoms with Gasteiger partial charge in [0.15, 0.2) is 0 Å². The summed E-state index contributed by atoms with van der Waals surface area (Å²) < 4.78 is 5.38. The van der Waals surface area contributed by atoms with E-state index < -0.39 is 19.0 Å². The molecule has 2 atom stereocenters. The lowest BCUT2D eigenvalue weighted by atomic mass is 10.1. The summed E-state index contributed by atoms with van der Waals surface area (Å²) in [5.41, 5.74) is -0.680. The van der Waals surface area contributed by atoms with Crippen LogP contribution in [0.5, 0.6) is 0 Å². The molecule has 1 unspecified atom stereocenters. The molecule has 3 aromatic carbocycles. The number of rotatable bonds is 12. The van der Waals surface area contributed by atoms with Gasteiger partial charge in [-0.05, 0) is 42.8 Å². The quantitative estimate of drug-likeness (QED) is 0.227. The van der Waals surface area contributed by atoms with Crippen LogP contribution in [0.15, 0.2) is 91.0 Å². The molecule has 0 aliphatic rings. The lowest BCUT2D eigenvalue weighted by Gasteiger charge is -2.35. The topological polar surface area (TPSA) is 46.5 Å². The zero-order valence-electron chi connectivity index (χ0n) is 19.8. The number of ether oxygens (including phenoxy) is 1. The van der Waals surface area contributed by atoms with Crippen LogP contribution in [-0.4, -0.2) is 29.9 Å². The summed E-state index contributed by atoms with van der Waals surface area (Å²) in [5.74, 6) is -0.346. The number of unbranched alkanes of at least 4 members (excludes halogenated alkanes) is 4. The number of esters is 1. The lowest BCUT2D eigenvalue weighted by molar-refractivity contribution is -0.142. The van der Waals surface area contributed by atoms with Crippen molar-refractivity contribution in [3.05, 3.63) is 91.0 Å². The Morgan fingerprint density at radius 3 is 1.58 bits per heavy atom. The highest BCUT2D eigenvalue weighted by molar-refractivity contribution is 7.96. The summed E-state index contributed by atoms with van der Waals surface area (Å²) >= 11 is 0. The zero-order valence-corrected chi connectivity index (χ0v) is 20.7. The van der Waals surface area contributed by atoms with Gasteiger partial charge in [0.2, 0.25) is 5.66 Å². The third-order valence-corrected chi connectivity index (χ3v) is 11.0. The van der Waals surface area contributed by atoms with Crippen LogP contribution >= 0.6 is 7.26 Å². The van der Waals surface area contributed by atoms with Gasteiger partial charge in [-0.1, -0.05) is 93.6 Å². The Morgan fingerprint density at radius 2 is 1.18 bits per heavy atom. The number of hydrogen-bond donors (Lipinski definition) is 1. The predicted octanol–water partition coefficient (Wildman–Crippen LogP) is 5.24. The number of aliphatic hydroxyl groups is 1. The minimum Gasteiger partial charge on any atom is -0.466 e. The average molecular weight is 464 g/mol. The number of benzene rings is 3. The molecule has 3 rings (SSSR count). The smallest absolute Gasteiger partial charge is 0.350 e. The molecule has 0 aliphatic carbocycles. The van der Waals surface area contributed by atoms with E-state index in [9.17, 15) is 9.90 Å². The van der Waals surface area contributed by atoms with Crippen LogP contribution in [0.4, 0.5) is 0 Å². The van der Waals surface area contributed by atoms with Crippen molar-refractivity contribution in [1.82, 2.24) is 0 Å². The summed E-state index contributed by atoms with van der Waals surface area (Å²) in [6.07, 6.45) is 5.27. The Labute approximate surface area is 199 Å². The normalized spacial score (nSPS) is 13.3. The Bertz CT molecular complexity index is 863. The van der Waals surface area contributed by atoms with Gasteiger partial charge in [0.25, 0.3) is 0 Å². The summed E-state index contributed by atoms with van der Waals surface area (Å²) in [7, 11) is -1.15. The van der Waals surface area contributed by atoms with Crippen LogP contribution < -0.4 is 15.9 Å². The van der Waals surface area contributed by atoms with E-state index in [4.69, 9.17) is 4.74 Å². The number of aliphatic hydroxyl groups excluding tert-OH is 1. The van der Waals surface area contributed by atoms with Crippen molar-refractivity contribution >= 4 is 29.1 Å². The molecule has 0 saturated carbocycles. The van der Waals surface area contributed by atoms with Gasteiger partial charge in [-0.25, -0.2) is 4.79 Å². The van der Waals surface area contributed by atoms with Gasteiger partial charge in [-0.2, -0.15) is 0 Å². The molecule has 3 aromatic rings. The largest absolute Gasteiger partial charge is 0.466 e. The van der Waals surface area contributed by atoms with Crippen molar-refractivity contribution in [2.75, 3.05) is 7.11 Å². The second-order valence-corrected chi connectivity index (χ2v) is 12.0. The van der Waals surface area contributed by atoms with E-state index in [0.29, 0.717) is 6.42 Å². The minimum atomic E-state index is -2.58. The summed E-state index contributed by atoms with van der Waals surface area (Å²) in [6, 6.07) is 30.6. The van der Waals surface area contributed by atoms with Crippen LogP contribution in [-0.2, 0) is 9.53 Å². The van der Waals surface area contributed by atoms with E-state index >= 15 is 0 Å². The molecule has 0 bridgehead atoms. The van der Waals surface area contributed by atoms with Crippen molar-refractivity contribution < 1.29 is 14.6 Å². The van der Waals surface area contributed by atoms with E-state index in [1.165, 1.54) is 20.0 Å². The molecule has 174 valence electrons. The monoisotopic (exact) mass is 463 g/mol. The standard InChI is InChI=1S/C29H36O3P/c1-3-4-5-6-16-23-27(30)28(29(31)32-2)33(24-17-10-7-11-18-24,25-19-12-8-13-20-25)26-21-14-9-15-22-26/h7-15,17-22,27-28,30H,3-6,16,23H2,1-2H3/q+1/t27-,28?/m1/s1. The van der Waals surface area contributed by atoms with E-state index in [1.807, 2.05) is 54.6 Å². The van der Waals surface area contributed by atoms with Crippen LogP contribution in [0, 0.1) is 0 Å². The number of carbonyl (C=O) groups is 1. The van der Waals surface area contributed by atoms with Gasteiger partial charge in [0.1, 0.15) is 29.3 Å². The zero-order chi connectivity index (χ0) is 23.5. The van der Waals surface area contributed by atoms with Crippen molar-refractivity contribution in [1.29, 1.82) is 0 Å². The molecule has 0 radical (unpaired) electrons. The molecule has 0 aliphatic heterocycles. The predicted molar refractivity (Wildman–Crippen MR) is 140 cm³/mol. The minimum absolute atomic E-state index is 0.346. The first-order valence-electron chi connectivity index (χ1n) is 12.0. The molecule has 3 nitrogen and oxygen atoms in total. The Balaban J connectivity index is 2.19. The van der Waals surface area contributed by atoms with E-state index in [-0.39, 0.29) is 5.97 Å². The highest BCUT2D eigenvalue weighted by atomic mass is 31.2. The van der Waals surface area contributed by atoms with E-state index in [2.05, 4.69) is 43.3 Å². The first-order valence-corrected chi connectivity index (χ1v) is 13.8. The Kier molecular flexibility index (Phi) is 9.66. The second kappa shape index (κ2) is 12.7. The highest BCUT2D eigenvalue weighted by Gasteiger charge is 2.59. The molecule has 4 heteroatoms. The SMILES string of the molecule is CCCCCCC[C@@H](O)C(C(=O)OC)[P+](c1ccccc1)(c1ccccc1)c1ccccc1. The fraction of sp³-hybridized carbons (Fsp3) is 0.345. The maximum atomic E-state index is 13.5. The number of hydrogen-bond acceptors (Lipinski definition) is 3. The molecule has 0 saturated heterocycles. The number of carbonyl (C=O) groups excluding carboxylic acids is 1. The van der Waals surface area contributed by atoms with Crippen LogP contribution in [0.2, 0.25) is 0 Å². The van der Waals surface area contributed by atoms with Crippen molar-refractivity contribution in [3.63, 3.8) is 0 Å². The molecule has 33 heavy (non-hydrogen) atoms. The maximum Gasteiger partial charge on any atom is 0.350 e. The molecule has 0 spiro atoms. The molecular weight excluding hydrogens is 427 g/mol. The van der Waals surface area contributed by atoms with Crippen LogP contribution in [0.25, 0.3) is 0 Å². The van der Waals surface area contributed by atoms with Crippen molar-refractivity contribution in [3.8, 4) is 0 Å². The second-order valence-electron chi connectivity index (χ2n) is 8.47. The fourth-order valence-electron chi connectivity index (χ4n) is 4.73. The third kappa shape index (κ3) is 5.72. The molecular formula is C29H36O3P+. The molecule has 0 aromatic heterocycles. The molecule has 0 amide bonds. The fourth-order valence-corrected chi connectivity index (χ4v) is 9.60. The lowest BCUT2D eigenvalue weighted by Crippen LogP contribution is -2.48. The van der Waals surface area contributed by atoms with Gasteiger partial charge in [-0.15, -0.1) is 0 Å². The Morgan fingerprint density at radius 1 is 0.758 bits per heavy atom. The summed E-state index contributed by atoms with van der Waals surface area (Å²) in [4.78, 5) is 13.5. The van der Waals surface area contributed by atoms with E-state index in [1.54, 1.807) is 0 Å². The molecule has 0 fully saturated rings.